The van der Waals surface area contributed by atoms with Crippen LogP contribution < -0.4 is 16.8 Å². The van der Waals surface area contributed by atoms with E-state index in [4.69, 9.17) is 11.5 Å². The van der Waals surface area contributed by atoms with E-state index in [1.54, 1.807) is 6.92 Å². The van der Waals surface area contributed by atoms with Crippen LogP contribution in [0.25, 0.3) is 0 Å². The third kappa shape index (κ3) is 1.84. The zero-order valence-electron chi connectivity index (χ0n) is 9.10. The predicted molar refractivity (Wildman–Crippen MR) is 58.9 cm³/mol. The Morgan fingerprint density at radius 2 is 1.94 bits per heavy atom. The quantitative estimate of drug-likeness (QED) is 0.653. The Balaban J connectivity index is 2.53. The van der Waals surface area contributed by atoms with E-state index in [-0.39, 0.29) is 0 Å². The molecular weight excluding hydrogens is 231 g/mol. The molecule has 1 aromatic rings. The summed E-state index contributed by atoms with van der Waals surface area (Å²) in [4.78, 5) is 0. The van der Waals surface area contributed by atoms with E-state index in [9.17, 15) is 13.2 Å². The van der Waals surface area contributed by atoms with Crippen LogP contribution in [0.1, 0.15) is 18.1 Å². The molecule has 1 heterocycles. The van der Waals surface area contributed by atoms with E-state index in [2.05, 4.69) is 5.32 Å². The van der Waals surface area contributed by atoms with Crippen LogP contribution >= 0.6 is 0 Å². The highest BCUT2D eigenvalue weighted by molar-refractivity contribution is 5.63. The average molecular weight is 243 g/mol. The Hall–Kier alpha value is -1.69. The number of nitrogens with two attached hydrogens (primary N) is 2. The number of anilines is 1. The molecule has 0 aromatic heterocycles. The minimum atomic E-state index is -4.37. The molecular formula is C11H12F3N3. The standard InChI is InChI=1S/C11H12F3N3/c1-10(16)7-3-2-6(11(12,13)14)4-8(7)17-5-9(10)15/h2-5,17H,15-16H2,1H3. The number of hydrogen-bond acceptors (Lipinski definition) is 3. The van der Waals surface area contributed by atoms with Crippen LogP contribution in [-0.2, 0) is 11.7 Å². The second-order valence-corrected chi connectivity index (χ2v) is 4.20. The molecule has 1 aliphatic heterocycles. The highest BCUT2D eigenvalue weighted by Gasteiger charge is 2.35. The summed E-state index contributed by atoms with van der Waals surface area (Å²) in [6, 6.07) is 3.39. The summed E-state index contributed by atoms with van der Waals surface area (Å²) in [6.07, 6.45) is -2.95. The molecule has 0 fully saturated rings. The Morgan fingerprint density at radius 3 is 2.53 bits per heavy atom. The van der Waals surface area contributed by atoms with Crippen molar-refractivity contribution in [2.75, 3.05) is 5.32 Å². The van der Waals surface area contributed by atoms with Gasteiger partial charge in [0.2, 0.25) is 0 Å². The van der Waals surface area contributed by atoms with Crippen molar-refractivity contribution < 1.29 is 13.2 Å². The molecule has 0 radical (unpaired) electrons. The summed E-state index contributed by atoms with van der Waals surface area (Å²) in [7, 11) is 0. The molecule has 0 saturated heterocycles. The Labute approximate surface area is 96.3 Å². The molecule has 92 valence electrons. The van der Waals surface area contributed by atoms with Crippen LogP contribution in [0.4, 0.5) is 18.9 Å². The van der Waals surface area contributed by atoms with E-state index < -0.39 is 17.3 Å². The summed E-state index contributed by atoms with van der Waals surface area (Å²) in [5.41, 5.74) is 11.3. The highest BCUT2D eigenvalue weighted by atomic mass is 19.4. The van der Waals surface area contributed by atoms with Crippen LogP contribution in [0, 0.1) is 0 Å². The Bertz CT molecular complexity index is 489. The molecule has 0 bridgehead atoms. The lowest BCUT2D eigenvalue weighted by Crippen LogP contribution is -2.41. The van der Waals surface area contributed by atoms with Crippen molar-refractivity contribution in [1.29, 1.82) is 0 Å². The summed E-state index contributed by atoms with van der Waals surface area (Å²) in [5, 5.41) is 2.71. The molecule has 17 heavy (non-hydrogen) atoms. The molecule has 0 amide bonds. The maximum absolute atomic E-state index is 12.5. The van der Waals surface area contributed by atoms with Crippen molar-refractivity contribution >= 4 is 5.69 Å². The molecule has 1 unspecified atom stereocenters. The topological polar surface area (TPSA) is 64.1 Å². The van der Waals surface area contributed by atoms with Crippen molar-refractivity contribution in [3.8, 4) is 0 Å². The maximum atomic E-state index is 12.5. The zero-order chi connectivity index (χ0) is 12.8. The molecule has 1 aromatic carbocycles. The molecule has 0 aliphatic carbocycles. The number of fused-ring (bicyclic) bond motifs is 1. The van der Waals surface area contributed by atoms with Gasteiger partial charge in [0.1, 0.15) is 0 Å². The predicted octanol–water partition coefficient (Wildman–Crippen LogP) is 2.10. The van der Waals surface area contributed by atoms with Gasteiger partial charge in [-0.05, 0) is 19.1 Å². The normalized spacial score (nSPS) is 23.7. The van der Waals surface area contributed by atoms with Crippen LogP contribution in [0.5, 0.6) is 0 Å². The number of halogens is 3. The van der Waals surface area contributed by atoms with Gasteiger partial charge < -0.3 is 16.8 Å². The van der Waals surface area contributed by atoms with E-state index in [0.29, 0.717) is 16.9 Å². The van der Waals surface area contributed by atoms with Crippen LogP contribution in [0.3, 0.4) is 0 Å². The first-order chi connectivity index (χ1) is 7.73. The fourth-order valence-corrected chi connectivity index (χ4v) is 1.75. The summed E-state index contributed by atoms with van der Waals surface area (Å²) < 4.78 is 37.6. The van der Waals surface area contributed by atoms with E-state index in [1.807, 2.05) is 0 Å². The van der Waals surface area contributed by atoms with Gasteiger partial charge in [-0.2, -0.15) is 13.2 Å². The van der Waals surface area contributed by atoms with Crippen molar-refractivity contribution in [3.05, 3.63) is 41.2 Å². The maximum Gasteiger partial charge on any atom is 0.416 e. The monoisotopic (exact) mass is 243 g/mol. The number of alkyl halides is 3. The molecule has 1 aliphatic rings. The Morgan fingerprint density at radius 1 is 1.29 bits per heavy atom. The lowest BCUT2D eigenvalue weighted by molar-refractivity contribution is -0.137. The van der Waals surface area contributed by atoms with E-state index in [1.165, 1.54) is 12.3 Å². The van der Waals surface area contributed by atoms with Gasteiger partial charge in [0.25, 0.3) is 0 Å². The molecule has 0 spiro atoms. The molecule has 5 N–H and O–H groups in total. The van der Waals surface area contributed by atoms with E-state index in [0.717, 1.165) is 12.1 Å². The number of rotatable bonds is 0. The smallest absolute Gasteiger partial charge is 0.399 e. The van der Waals surface area contributed by atoms with Gasteiger partial charge in [0, 0.05) is 23.1 Å². The van der Waals surface area contributed by atoms with Gasteiger partial charge in [0.15, 0.2) is 0 Å². The lowest BCUT2D eigenvalue weighted by atomic mass is 9.86. The summed E-state index contributed by atoms with van der Waals surface area (Å²) in [6.45, 7) is 1.66. The SMILES string of the molecule is CC1(N)C(N)=CNc2cc(C(F)(F)F)ccc21. The van der Waals surface area contributed by atoms with Crippen molar-refractivity contribution in [3.63, 3.8) is 0 Å². The number of hydrogen-bond donors (Lipinski definition) is 3. The van der Waals surface area contributed by atoms with Gasteiger partial charge in [-0.25, -0.2) is 0 Å². The van der Waals surface area contributed by atoms with Gasteiger partial charge in [-0.15, -0.1) is 0 Å². The second-order valence-electron chi connectivity index (χ2n) is 4.20. The Kier molecular flexibility index (Phi) is 2.36. The lowest BCUT2D eigenvalue weighted by Gasteiger charge is -2.32. The molecule has 1 atom stereocenters. The average Bonchev–Trinajstić information content (AvgIpc) is 2.22. The van der Waals surface area contributed by atoms with Crippen LogP contribution in [0.2, 0.25) is 0 Å². The fourth-order valence-electron chi connectivity index (χ4n) is 1.75. The second kappa shape index (κ2) is 3.40. The highest BCUT2D eigenvalue weighted by Crippen LogP contribution is 2.38. The van der Waals surface area contributed by atoms with Gasteiger partial charge in [0.05, 0.1) is 11.1 Å². The molecule has 0 saturated carbocycles. The van der Waals surface area contributed by atoms with E-state index >= 15 is 0 Å². The van der Waals surface area contributed by atoms with Crippen LogP contribution in [0.15, 0.2) is 30.1 Å². The first kappa shape index (κ1) is 11.8. The third-order valence-corrected chi connectivity index (χ3v) is 2.89. The van der Waals surface area contributed by atoms with Gasteiger partial charge in [-0.3, -0.25) is 0 Å². The fraction of sp³-hybridized carbons (Fsp3) is 0.273. The van der Waals surface area contributed by atoms with Crippen molar-refractivity contribution in [2.45, 2.75) is 18.6 Å². The first-order valence-electron chi connectivity index (χ1n) is 4.96. The molecule has 6 heteroatoms. The van der Waals surface area contributed by atoms with Gasteiger partial charge >= 0.3 is 6.18 Å². The zero-order valence-corrected chi connectivity index (χ0v) is 9.10. The molecule has 2 rings (SSSR count). The summed E-state index contributed by atoms with van der Waals surface area (Å²) in [5.74, 6) is 0. The number of benzene rings is 1. The van der Waals surface area contributed by atoms with Crippen LogP contribution in [-0.4, -0.2) is 0 Å². The van der Waals surface area contributed by atoms with Crippen molar-refractivity contribution in [1.82, 2.24) is 0 Å². The number of nitrogens with one attached hydrogen (secondary N) is 1. The van der Waals surface area contributed by atoms with Gasteiger partial charge in [-0.1, -0.05) is 6.07 Å². The minimum Gasteiger partial charge on any atom is -0.399 e. The third-order valence-electron chi connectivity index (χ3n) is 2.89. The largest absolute Gasteiger partial charge is 0.416 e. The summed E-state index contributed by atoms with van der Waals surface area (Å²) >= 11 is 0. The molecule has 3 nitrogen and oxygen atoms in total. The first-order valence-corrected chi connectivity index (χ1v) is 4.96. The van der Waals surface area contributed by atoms with Crippen molar-refractivity contribution in [2.24, 2.45) is 11.5 Å². The minimum absolute atomic E-state index is 0.332.